The molecular formula is C19H17N5O2S2. The van der Waals surface area contributed by atoms with Crippen LogP contribution in [-0.2, 0) is 11.3 Å². The molecule has 3 heterocycles. The summed E-state index contributed by atoms with van der Waals surface area (Å²) >= 11 is 2.93. The molecule has 0 aliphatic heterocycles. The third-order valence-electron chi connectivity index (χ3n) is 3.95. The molecule has 0 aliphatic carbocycles. The van der Waals surface area contributed by atoms with Crippen molar-refractivity contribution in [2.24, 2.45) is 0 Å². The standard InChI is InChI=1S/C19H17N5O2S2/c1-2-24-17(15-4-3-10-26-15)22-23-19(24)28-12-16(25)21-14-7-5-13(6-8-14)18-20-9-11-27-18/h3-11H,2,12H2,1H3,(H,21,25). The van der Waals surface area contributed by atoms with Gasteiger partial charge in [0, 0.05) is 29.4 Å². The van der Waals surface area contributed by atoms with Gasteiger partial charge in [0.1, 0.15) is 5.01 Å². The van der Waals surface area contributed by atoms with Crippen LogP contribution < -0.4 is 5.32 Å². The van der Waals surface area contributed by atoms with Crippen molar-refractivity contribution in [2.75, 3.05) is 11.1 Å². The molecule has 0 atom stereocenters. The number of aromatic nitrogens is 4. The topological polar surface area (TPSA) is 85.8 Å². The molecule has 0 radical (unpaired) electrons. The van der Waals surface area contributed by atoms with E-state index in [2.05, 4.69) is 20.5 Å². The van der Waals surface area contributed by atoms with Crippen LogP contribution in [0.3, 0.4) is 0 Å². The average Bonchev–Trinajstić information content (AvgIpc) is 3.48. The lowest BCUT2D eigenvalue weighted by Crippen LogP contribution is -2.14. The van der Waals surface area contributed by atoms with Gasteiger partial charge in [0.25, 0.3) is 0 Å². The van der Waals surface area contributed by atoms with E-state index in [1.807, 2.05) is 53.3 Å². The minimum Gasteiger partial charge on any atom is -0.461 e. The lowest BCUT2D eigenvalue weighted by atomic mass is 10.2. The van der Waals surface area contributed by atoms with E-state index in [1.54, 1.807) is 23.8 Å². The van der Waals surface area contributed by atoms with Crippen molar-refractivity contribution in [3.05, 3.63) is 54.2 Å². The van der Waals surface area contributed by atoms with Crippen LogP contribution in [0.15, 0.2) is 63.8 Å². The van der Waals surface area contributed by atoms with Crippen LogP contribution in [0.2, 0.25) is 0 Å². The molecule has 0 aliphatic rings. The zero-order chi connectivity index (χ0) is 19.3. The second-order valence-electron chi connectivity index (χ2n) is 5.78. The number of amides is 1. The van der Waals surface area contributed by atoms with Gasteiger partial charge in [-0.25, -0.2) is 4.98 Å². The number of rotatable bonds is 7. The highest BCUT2D eigenvalue weighted by Gasteiger charge is 2.16. The summed E-state index contributed by atoms with van der Waals surface area (Å²) in [7, 11) is 0. The Morgan fingerprint density at radius 1 is 1.25 bits per heavy atom. The maximum Gasteiger partial charge on any atom is 0.234 e. The molecule has 1 N–H and O–H groups in total. The van der Waals surface area contributed by atoms with E-state index in [0.29, 0.717) is 23.3 Å². The van der Waals surface area contributed by atoms with Gasteiger partial charge in [0.05, 0.1) is 12.0 Å². The molecule has 7 nitrogen and oxygen atoms in total. The number of thiazole rings is 1. The fourth-order valence-electron chi connectivity index (χ4n) is 2.66. The summed E-state index contributed by atoms with van der Waals surface area (Å²) < 4.78 is 7.33. The SMILES string of the molecule is CCn1c(SCC(=O)Nc2ccc(-c3nccs3)cc2)nnc1-c1ccco1. The average molecular weight is 412 g/mol. The first kappa shape index (κ1) is 18.5. The number of benzene rings is 1. The summed E-state index contributed by atoms with van der Waals surface area (Å²) in [4.78, 5) is 16.6. The molecule has 9 heteroatoms. The van der Waals surface area contributed by atoms with Gasteiger partial charge in [0.2, 0.25) is 5.91 Å². The first-order valence-electron chi connectivity index (χ1n) is 8.64. The molecular weight excluding hydrogens is 394 g/mol. The number of hydrogen-bond donors (Lipinski definition) is 1. The molecule has 0 spiro atoms. The number of anilines is 1. The number of hydrogen-bond acceptors (Lipinski definition) is 7. The van der Waals surface area contributed by atoms with Gasteiger partial charge in [-0.05, 0) is 43.3 Å². The minimum absolute atomic E-state index is 0.0998. The Hall–Kier alpha value is -2.91. The lowest BCUT2D eigenvalue weighted by molar-refractivity contribution is -0.113. The maximum absolute atomic E-state index is 12.3. The molecule has 0 fully saturated rings. The van der Waals surface area contributed by atoms with Crippen molar-refractivity contribution < 1.29 is 9.21 Å². The highest BCUT2D eigenvalue weighted by molar-refractivity contribution is 7.99. The molecule has 3 aromatic heterocycles. The third kappa shape index (κ3) is 4.00. The lowest BCUT2D eigenvalue weighted by Gasteiger charge is -2.07. The van der Waals surface area contributed by atoms with Gasteiger partial charge >= 0.3 is 0 Å². The molecule has 0 bridgehead atoms. The summed E-state index contributed by atoms with van der Waals surface area (Å²) in [6, 6.07) is 11.3. The zero-order valence-corrected chi connectivity index (χ0v) is 16.7. The quantitative estimate of drug-likeness (QED) is 0.453. The number of nitrogens with one attached hydrogen (secondary N) is 1. The van der Waals surface area contributed by atoms with Crippen molar-refractivity contribution in [3.8, 4) is 22.2 Å². The molecule has 0 saturated carbocycles. The Kier molecular flexibility index (Phi) is 5.54. The van der Waals surface area contributed by atoms with E-state index < -0.39 is 0 Å². The monoisotopic (exact) mass is 411 g/mol. The van der Waals surface area contributed by atoms with Crippen molar-refractivity contribution in [1.29, 1.82) is 0 Å². The highest BCUT2D eigenvalue weighted by Crippen LogP contribution is 2.25. The van der Waals surface area contributed by atoms with Gasteiger partial charge in [0.15, 0.2) is 16.7 Å². The van der Waals surface area contributed by atoms with Crippen LogP contribution in [0.1, 0.15) is 6.92 Å². The van der Waals surface area contributed by atoms with Gasteiger partial charge in [-0.3, -0.25) is 9.36 Å². The number of furan rings is 1. The summed E-state index contributed by atoms with van der Waals surface area (Å²) in [5, 5.41) is 14.9. The number of carbonyl (C=O) groups is 1. The van der Waals surface area contributed by atoms with E-state index in [9.17, 15) is 4.79 Å². The first-order valence-corrected chi connectivity index (χ1v) is 10.5. The largest absolute Gasteiger partial charge is 0.461 e. The van der Waals surface area contributed by atoms with Crippen LogP contribution in [0, 0.1) is 0 Å². The third-order valence-corrected chi connectivity index (χ3v) is 5.74. The van der Waals surface area contributed by atoms with Crippen LogP contribution in [-0.4, -0.2) is 31.4 Å². The molecule has 0 saturated heterocycles. The molecule has 4 aromatic rings. The molecule has 1 amide bonds. The van der Waals surface area contributed by atoms with Crippen LogP contribution >= 0.6 is 23.1 Å². The van der Waals surface area contributed by atoms with E-state index in [-0.39, 0.29) is 11.7 Å². The molecule has 28 heavy (non-hydrogen) atoms. The van der Waals surface area contributed by atoms with Crippen molar-refractivity contribution in [3.63, 3.8) is 0 Å². The van der Waals surface area contributed by atoms with E-state index in [0.717, 1.165) is 16.3 Å². The summed E-state index contributed by atoms with van der Waals surface area (Å²) in [5.41, 5.74) is 1.78. The minimum atomic E-state index is -0.0998. The van der Waals surface area contributed by atoms with Gasteiger partial charge in [-0.2, -0.15) is 0 Å². The van der Waals surface area contributed by atoms with Crippen molar-refractivity contribution in [1.82, 2.24) is 19.7 Å². The summed E-state index contributed by atoms with van der Waals surface area (Å²) in [6.45, 7) is 2.69. The molecule has 0 unspecified atom stereocenters. The van der Waals surface area contributed by atoms with Crippen molar-refractivity contribution >= 4 is 34.7 Å². The van der Waals surface area contributed by atoms with Crippen LogP contribution in [0.25, 0.3) is 22.2 Å². The zero-order valence-electron chi connectivity index (χ0n) is 15.0. The van der Waals surface area contributed by atoms with Gasteiger partial charge in [-0.1, -0.05) is 11.8 Å². The second-order valence-corrected chi connectivity index (χ2v) is 7.62. The Morgan fingerprint density at radius 2 is 2.11 bits per heavy atom. The smallest absolute Gasteiger partial charge is 0.234 e. The Labute approximate surface area is 169 Å². The summed E-state index contributed by atoms with van der Waals surface area (Å²) in [6.07, 6.45) is 3.38. The van der Waals surface area contributed by atoms with Crippen LogP contribution in [0.5, 0.6) is 0 Å². The van der Waals surface area contributed by atoms with E-state index in [4.69, 9.17) is 4.42 Å². The normalized spacial score (nSPS) is 10.9. The van der Waals surface area contributed by atoms with Crippen LogP contribution in [0.4, 0.5) is 5.69 Å². The van der Waals surface area contributed by atoms with Gasteiger partial charge < -0.3 is 9.73 Å². The Bertz CT molecular complexity index is 1040. The maximum atomic E-state index is 12.3. The first-order chi connectivity index (χ1) is 13.7. The van der Waals surface area contributed by atoms with E-state index >= 15 is 0 Å². The molecule has 142 valence electrons. The Balaban J connectivity index is 1.37. The predicted molar refractivity (Wildman–Crippen MR) is 110 cm³/mol. The predicted octanol–water partition coefficient (Wildman–Crippen LogP) is 4.41. The number of carbonyl (C=O) groups excluding carboxylic acids is 1. The molecule has 4 rings (SSSR count). The number of thioether (sulfide) groups is 1. The highest BCUT2D eigenvalue weighted by atomic mass is 32.2. The fourth-order valence-corrected chi connectivity index (χ4v) is 4.10. The summed E-state index contributed by atoms with van der Waals surface area (Å²) in [5.74, 6) is 1.46. The van der Waals surface area contributed by atoms with E-state index in [1.165, 1.54) is 11.8 Å². The van der Waals surface area contributed by atoms with Gasteiger partial charge in [-0.15, -0.1) is 21.5 Å². The molecule has 1 aromatic carbocycles. The Morgan fingerprint density at radius 3 is 2.79 bits per heavy atom. The second kappa shape index (κ2) is 8.41. The fraction of sp³-hybridized carbons (Fsp3) is 0.158. The van der Waals surface area contributed by atoms with Crippen molar-refractivity contribution in [2.45, 2.75) is 18.6 Å². The number of nitrogens with zero attached hydrogens (tertiary/aromatic N) is 4.